The van der Waals surface area contributed by atoms with Gasteiger partial charge < -0.3 is 29.4 Å². The molecule has 8 heteroatoms. The Balaban J connectivity index is 1.42. The molecule has 1 fully saturated rings. The van der Waals surface area contributed by atoms with E-state index >= 15 is 0 Å². The Kier molecular flexibility index (Phi) is 5.34. The van der Waals surface area contributed by atoms with Crippen LogP contribution < -0.4 is 25.1 Å². The number of rotatable bonds is 5. The molecular weight excluding hydrogens is 410 g/mol. The highest BCUT2D eigenvalue weighted by molar-refractivity contribution is 5.90. The van der Waals surface area contributed by atoms with Crippen molar-refractivity contribution in [3.8, 4) is 17.2 Å². The lowest BCUT2D eigenvalue weighted by Crippen LogP contribution is -2.42. The molecule has 32 heavy (non-hydrogen) atoms. The van der Waals surface area contributed by atoms with E-state index in [-0.39, 0.29) is 31.0 Å². The summed E-state index contributed by atoms with van der Waals surface area (Å²) in [6.45, 7) is 0.399. The largest absolute Gasteiger partial charge is 0.497 e. The molecule has 1 aliphatic carbocycles. The summed E-state index contributed by atoms with van der Waals surface area (Å²) < 4.78 is 16.0. The molecule has 0 radical (unpaired) electrons. The maximum atomic E-state index is 13.2. The highest BCUT2D eigenvalue weighted by atomic mass is 16.7. The molecule has 0 unspecified atom stereocenters. The van der Waals surface area contributed by atoms with Gasteiger partial charge in [-0.1, -0.05) is 12.8 Å². The number of nitrogens with zero attached hydrogens (tertiary/aromatic N) is 1. The summed E-state index contributed by atoms with van der Waals surface area (Å²) in [4.78, 5) is 30.8. The van der Waals surface area contributed by atoms with Crippen molar-refractivity contribution in [3.05, 3.63) is 58.4 Å². The predicted molar refractivity (Wildman–Crippen MR) is 121 cm³/mol. The van der Waals surface area contributed by atoms with E-state index in [1.807, 2.05) is 12.1 Å². The first-order chi connectivity index (χ1) is 15.6. The van der Waals surface area contributed by atoms with E-state index in [2.05, 4.69) is 10.3 Å². The summed E-state index contributed by atoms with van der Waals surface area (Å²) in [5, 5.41) is 3.80. The molecule has 0 bridgehead atoms. The molecule has 2 aromatic carbocycles. The number of carbonyl (C=O) groups is 1. The second-order valence-electron chi connectivity index (χ2n) is 8.14. The number of aromatic nitrogens is 1. The maximum Gasteiger partial charge on any atom is 0.322 e. The molecule has 166 valence electrons. The quantitative estimate of drug-likeness (QED) is 0.625. The zero-order valence-electron chi connectivity index (χ0n) is 17.8. The van der Waals surface area contributed by atoms with E-state index < -0.39 is 0 Å². The lowest BCUT2D eigenvalue weighted by atomic mass is 10.1. The van der Waals surface area contributed by atoms with Crippen molar-refractivity contribution < 1.29 is 19.0 Å². The SMILES string of the molecule is COc1ccc(NC(=O)N(Cc2cc3cc4c(cc3[nH]c2=O)OCO4)C2CCCC2)cc1. The molecule has 0 atom stereocenters. The number of urea groups is 1. The number of pyridine rings is 1. The fraction of sp³-hybridized carbons (Fsp3) is 0.333. The van der Waals surface area contributed by atoms with Gasteiger partial charge in [0.2, 0.25) is 6.79 Å². The van der Waals surface area contributed by atoms with Crippen molar-refractivity contribution >= 4 is 22.6 Å². The Bertz CT molecular complexity index is 1200. The van der Waals surface area contributed by atoms with Gasteiger partial charge in [0, 0.05) is 28.7 Å². The van der Waals surface area contributed by atoms with Crippen LogP contribution in [0.3, 0.4) is 0 Å². The van der Waals surface area contributed by atoms with Crippen LogP contribution in [-0.2, 0) is 6.54 Å². The average molecular weight is 435 g/mol. The monoisotopic (exact) mass is 435 g/mol. The van der Waals surface area contributed by atoms with Gasteiger partial charge in [0.05, 0.1) is 19.2 Å². The van der Waals surface area contributed by atoms with Gasteiger partial charge in [0.1, 0.15) is 5.75 Å². The Hall–Kier alpha value is -3.68. The van der Waals surface area contributed by atoms with Gasteiger partial charge in [-0.05, 0) is 49.2 Å². The van der Waals surface area contributed by atoms with E-state index in [0.29, 0.717) is 28.3 Å². The van der Waals surface area contributed by atoms with Crippen molar-refractivity contribution in [3.63, 3.8) is 0 Å². The van der Waals surface area contributed by atoms with Crippen molar-refractivity contribution in [1.29, 1.82) is 0 Å². The van der Waals surface area contributed by atoms with Crippen molar-refractivity contribution in [2.75, 3.05) is 19.2 Å². The topological polar surface area (TPSA) is 92.9 Å². The van der Waals surface area contributed by atoms with E-state index in [0.717, 1.165) is 36.8 Å². The van der Waals surface area contributed by atoms with Crippen LogP contribution in [0.15, 0.2) is 47.3 Å². The van der Waals surface area contributed by atoms with Crippen molar-refractivity contribution in [2.24, 2.45) is 0 Å². The van der Waals surface area contributed by atoms with Crippen LogP contribution in [0.1, 0.15) is 31.2 Å². The van der Waals surface area contributed by atoms with Gasteiger partial charge >= 0.3 is 6.03 Å². The standard InChI is InChI=1S/C24H25N3O5/c1-30-19-8-6-17(7-9-19)25-24(29)27(18-4-2-3-5-18)13-16-10-15-11-21-22(32-14-31-21)12-20(15)26-23(16)28/h6-12,18H,2-5,13-14H2,1H3,(H,25,29)(H,26,28). The molecule has 0 spiro atoms. The predicted octanol–water partition coefficient (Wildman–Crippen LogP) is 4.24. The molecule has 1 saturated carbocycles. The Morgan fingerprint density at radius 1 is 1.12 bits per heavy atom. The zero-order valence-corrected chi connectivity index (χ0v) is 17.8. The van der Waals surface area contributed by atoms with E-state index in [4.69, 9.17) is 14.2 Å². The van der Waals surface area contributed by atoms with Crippen LogP contribution in [0.5, 0.6) is 17.2 Å². The third-order valence-electron chi connectivity index (χ3n) is 6.12. The molecule has 2 amide bonds. The number of anilines is 1. The number of benzene rings is 2. The van der Waals surface area contributed by atoms with Crippen LogP contribution in [0.2, 0.25) is 0 Å². The van der Waals surface area contributed by atoms with Gasteiger partial charge in [0.15, 0.2) is 11.5 Å². The second-order valence-corrected chi connectivity index (χ2v) is 8.14. The van der Waals surface area contributed by atoms with Gasteiger partial charge in [-0.15, -0.1) is 0 Å². The number of nitrogens with one attached hydrogen (secondary N) is 2. The van der Waals surface area contributed by atoms with E-state index in [9.17, 15) is 9.59 Å². The summed E-state index contributed by atoms with van der Waals surface area (Å²) >= 11 is 0. The fourth-order valence-electron chi connectivity index (χ4n) is 4.39. The first-order valence-corrected chi connectivity index (χ1v) is 10.8. The summed E-state index contributed by atoms with van der Waals surface area (Å²) in [6.07, 6.45) is 4.02. The van der Waals surface area contributed by atoms with Crippen LogP contribution in [0.4, 0.5) is 10.5 Å². The lowest BCUT2D eigenvalue weighted by Gasteiger charge is -2.29. The molecule has 2 N–H and O–H groups in total. The second kappa shape index (κ2) is 8.45. The Labute approximate surface area is 185 Å². The number of carbonyl (C=O) groups excluding carboxylic acids is 1. The molecule has 8 nitrogen and oxygen atoms in total. The van der Waals surface area contributed by atoms with Gasteiger partial charge in [-0.25, -0.2) is 4.79 Å². The number of ether oxygens (including phenoxy) is 3. The number of amides is 2. The number of methoxy groups -OCH3 is 1. The number of aromatic amines is 1. The Morgan fingerprint density at radius 2 is 1.84 bits per heavy atom. The summed E-state index contributed by atoms with van der Waals surface area (Å²) in [7, 11) is 1.60. The van der Waals surface area contributed by atoms with Crippen LogP contribution >= 0.6 is 0 Å². The zero-order chi connectivity index (χ0) is 22.1. The fourth-order valence-corrected chi connectivity index (χ4v) is 4.39. The number of H-pyrrole nitrogens is 1. The molecule has 1 aromatic heterocycles. The smallest absolute Gasteiger partial charge is 0.322 e. The van der Waals surface area contributed by atoms with Gasteiger partial charge in [0.25, 0.3) is 5.56 Å². The van der Waals surface area contributed by atoms with Crippen LogP contribution in [-0.4, -0.2) is 35.9 Å². The van der Waals surface area contributed by atoms with E-state index in [1.165, 1.54) is 0 Å². The number of hydrogen-bond acceptors (Lipinski definition) is 5. The summed E-state index contributed by atoms with van der Waals surface area (Å²) in [5.41, 5.74) is 1.68. The highest BCUT2D eigenvalue weighted by Gasteiger charge is 2.28. The van der Waals surface area contributed by atoms with Gasteiger partial charge in [-0.3, -0.25) is 4.79 Å². The minimum atomic E-state index is -0.216. The normalized spacial score (nSPS) is 15.2. The highest BCUT2D eigenvalue weighted by Crippen LogP contribution is 2.35. The summed E-state index contributed by atoms with van der Waals surface area (Å²) in [5.74, 6) is 1.99. The van der Waals surface area contributed by atoms with Gasteiger partial charge in [-0.2, -0.15) is 0 Å². The van der Waals surface area contributed by atoms with E-state index in [1.54, 1.807) is 42.3 Å². The number of hydrogen-bond donors (Lipinski definition) is 2. The minimum absolute atomic E-state index is 0.0973. The molecule has 0 saturated heterocycles. The molecule has 2 aliphatic rings. The van der Waals surface area contributed by atoms with Crippen molar-refractivity contribution in [1.82, 2.24) is 9.88 Å². The first kappa shape index (κ1) is 20.2. The molecule has 1 aliphatic heterocycles. The maximum absolute atomic E-state index is 13.2. The molecule has 3 aromatic rings. The average Bonchev–Trinajstić information content (AvgIpc) is 3.48. The Morgan fingerprint density at radius 3 is 2.56 bits per heavy atom. The summed E-state index contributed by atoms with van der Waals surface area (Å²) in [6, 6.07) is 12.5. The van der Waals surface area contributed by atoms with Crippen molar-refractivity contribution in [2.45, 2.75) is 38.3 Å². The molecule has 5 rings (SSSR count). The molecule has 2 heterocycles. The first-order valence-electron chi connectivity index (χ1n) is 10.8. The lowest BCUT2D eigenvalue weighted by molar-refractivity contribution is 0.174. The third kappa shape index (κ3) is 3.95. The number of fused-ring (bicyclic) bond motifs is 2. The third-order valence-corrected chi connectivity index (χ3v) is 6.12. The minimum Gasteiger partial charge on any atom is -0.497 e. The van der Waals surface area contributed by atoms with Crippen LogP contribution in [0.25, 0.3) is 10.9 Å². The molecular formula is C24H25N3O5. The van der Waals surface area contributed by atoms with Crippen LogP contribution in [0, 0.1) is 0 Å².